The van der Waals surface area contributed by atoms with Gasteiger partial charge in [0.1, 0.15) is 23.3 Å². The Balaban J connectivity index is 0.733. The molecule has 2 aromatic carbocycles. The molecule has 1 aromatic heterocycles. The number of amides is 6. The lowest BCUT2D eigenvalue weighted by atomic mass is 10.0. The van der Waals surface area contributed by atoms with E-state index in [0.29, 0.717) is 90.4 Å². The van der Waals surface area contributed by atoms with Gasteiger partial charge in [0.05, 0.1) is 55.4 Å². The number of likely N-dealkylation sites (tertiary alicyclic amines) is 1. The number of aromatic nitrogens is 2. The Morgan fingerprint density at radius 3 is 2.43 bits per heavy atom. The fourth-order valence-electron chi connectivity index (χ4n) is 9.36. The highest BCUT2D eigenvalue weighted by Gasteiger charge is 2.49. The van der Waals surface area contributed by atoms with Crippen molar-refractivity contribution in [2.75, 3.05) is 93.7 Å². The Bertz CT molecular complexity index is 2430. The summed E-state index contributed by atoms with van der Waals surface area (Å²) in [5.74, 6) is -8.37. The maximum absolute atomic E-state index is 15.6. The molecule has 364 valence electrons. The van der Waals surface area contributed by atoms with Gasteiger partial charge < -0.3 is 44.9 Å². The van der Waals surface area contributed by atoms with E-state index in [4.69, 9.17) is 14.2 Å². The molecule has 6 amide bonds. The Hall–Kier alpha value is -6.39. The van der Waals surface area contributed by atoms with E-state index < -0.39 is 59.8 Å². The van der Waals surface area contributed by atoms with Gasteiger partial charge in [-0.15, -0.1) is 0 Å². The summed E-state index contributed by atoms with van der Waals surface area (Å²) >= 11 is 0. The maximum atomic E-state index is 15.6. The molecule has 0 spiro atoms. The zero-order chi connectivity index (χ0) is 48.1. The molecule has 8 rings (SSSR count). The lowest BCUT2D eigenvalue weighted by Crippen LogP contribution is -2.54. The predicted molar refractivity (Wildman–Crippen MR) is 241 cm³/mol. The van der Waals surface area contributed by atoms with Gasteiger partial charge in [-0.05, 0) is 56.7 Å². The summed E-state index contributed by atoms with van der Waals surface area (Å²) in [6.07, 6.45) is 6.47. The van der Waals surface area contributed by atoms with Gasteiger partial charge >= 0.3 is 5.92 Å². The number of hydrogen-bond acceptors (Lipinski definition) is 15. The van der Waals surface area contributed by atoms with Crippen LogP contribution in [-0.2, 0) is 23.9 Å². The van der Waals surface area contributed by atoms with Gasteiger partial charge in [-0.2, -0.15) is 13.8 Å². The number of benzene rings is 2. The highest BCUT2D eigenvalue weighted by Crippen LogP contribution is 2.40. The summed E-state index contributed by atoms with van der Waals surface area (Å²) < 4.78 is 62.8. The first-order chi connectivity index (χ1) is 32.7. The van der Waals surface area contributed by atoms with Gasteiger partial charge in [-0.1, -0.05) is 18.9 Å². The number of hydrogen-bond donors (Lipinski definition) is 4. The zero-order valence-electron chi connectivity index (χ0n) is 37.9. The van der Waals surface area contributed by atoms with Gasteiger partial charge in [-0.3, -0.25) is 39.0 Å². The largest absolute Gasteiger partial charge is 0.495 e. The van der Waals surface area contributed by atoms with Gasteiger partial charge in [0.2, 0.25) is 17.8 Å². The number of alkyl halides is 2. The van der Waals surface area contributed by atoms with Crippen molar-refractivity contribution < 1.29 is 56.1 Å². The van der Waals surface area contributed by atoms with Crippen molar-refractivity contribution in [3.05, 3.63) is 59.0 Å². The number of rotatable bonds is 18. The number of nitrogens with zero attached hydrogens (tertiary/aromatic N) is 6. The molecule has 22 heteroatoms. The van der Waals surface area contributed by atoms with E-state index in [2.05, 4.69) is 36.1 Å². The Labute approximate surface area is 390 Å². The van der Waals surface area contributed by atoms with Crippen LogP contribution in [0.5, 0.6) is 5.75 Å². The minimum Gasteiger partial charge on any atom is -0.495 e. The van der Waals surface area contributed by atoms with Crippen molar-refractivity contribution in [3.63, 3.8) is 0 Å². The number of anilines is 5. The summed E-state index contributed by atoms with van der Waals surface area (Å²) in [6, 6.07) is 5.81. The fraction of sp³-hybridized carbons (Fsp3) is 0.522. The number of imide groups is 2. The van der Waals surface area contributed by atoms with Crippen molar-refractivity contribution in [1.29, 1.82) is 0 Å². The predicted octanol–water partition coefficient (Wildman–Crippen LogP) is 3.86. The van der Waals surface area contributed by atoms with E-state index in [1.54, 1.807) is 18.2 Å². The van der Waals surface area contributed by atoms with Crippen LogP contribution in [-0.4, -0.2) is 153 Å². The highest BCUT2D eigenvalue weighted by molar-refractivity contribution is 6.25. The van der Waals surface area contributed by atoms with E-state index >= 15 is 13.2 Å². The molecule has 1 aliphatic carbocycles. The first kappa shape index (κ1) is 48.1. The Morgan fingerprint density at radius 2 is 1.69 bits per heavy atom. The molecule has 4 N–H and O–H groups in total. The lowest BCUT2D eigenvalue weighted by Gasteiger charge is -2.32. The number of carbonyl (C=O) groups is 6. The van der Waals surface area contributed by atoms with Crippen LogP contribution in [0.1, 0.15) is 88.9 Å². The van der Waals surface area contributed by atoms with Crippen LogP contribution in [0.3, 0.4) is 0 Å². The fourth-order valence-corrected chi connectivity index (χ4v) is 9.36. The average Bonchev–Trinajstić information content (AvgIpc) is 3.94. The van der Waals surface area contributed by atoms with E-state index in [-0.39, 0.29) is 70.5 Å². The van der Waals surface area contributed by atoms with Gasteiger partial charge in [0.15, 0.2) is 5.82 Å². The Kier molecular flexibility index (Phi) is 14.7. The molecule has 4 aliphatic heterocycles. The number of ether oxygens (including phenoxy) is 3. The van der Waals surface area contributed by atoms with Crippen molar-refractivity contribution in [3.8, 4) is 5.75 Å². The maximum Gasteiger partial charge on any atom is 0.342 e. The first-order valence-corrected chi connectivity index (χ1v) is 23.0. The molecule has 2 saturated heterocycles. The summed E-state index contributed by atoms with van der Waals surface area (Å²) in [4.78, 5) is 90.6. The third-order valence-corrected chi connectivity index (χ3v) is 13.0. The molecule has 3 aromatic rings. The summed E-state index contributed by atoms with van der Waals surface area (Å²) in [6.45, 7) is 3.43. The van der Waals surface area contributed by atoms with E-state index in [1.165, 1.54) is 31.3 Å². The molecule has 1 unspecified atom stereocenters. The summed E-state index contributed by atoms with van der Waals surface area (Å²) in [5, 5.41) is 11.2. The second-order valence-electron chi connectivity index (χ2n) is 17.5. The molecule has 0 bridgehead atoms. The van der Waals surface area contributed by atoms with Crippen LogP contribution in [0.25, 0.3) is 0 Å². The lowest BCUT2D eigenvalue weighted by molar-refractivity contribution is -0.140. The monoisotopic (exact) mass is 948 g/mol. The Morgan fingerprint density at radius 1 is 0.941 bits per heavy atom. The molecule has 0 radical (unpaired) electrons. The molecule has 1 atom stereocenters. The summed E-state index contributed by atoms with van der Waals surface area (Å²) in [7, 11) is 2.63. The standard InChI is InChI=1S/C46H55F3N10O9/c1-56-35-25-51-45(55-39(35)58(28-7-3-4-8-28)26-46(48,49)44(56)65)53-33-24-31(47)30(23-36(33)66-2)40(61)52-27-13-16-57(17-14-27)18-22-68-20-6-19-67-21-15-50-32-10-5-9-29-38(32)43(64)59(42(29)63)34-11-12-37(60)54-41(34)62/h5,9-10,23-25,27-28,34,50H,3-4,6-8,11-22,26H2,1-2H3,(H,52,61)(H,51,53,55)(H,54,60,62). The smallest absolute Gasteiger partial charge is 0.342 e. The van der Waals surface area contributed by atoms with Gasteiger partial charge in [-0.25, -0.2) is 9.37 Å². The minimum atomic E-state index is -3.64. The topological polar surface area (TPSA) is 217 Å². The van der Waals surface area contributed by atoms with Crippen LogP contribution in [0.2, 0.25) is 0 Å². The average molecular weight is 949 g/mol. The number of piperidine rings is 2. The first-order valence-electron chi connectivity index (χ1n) is 23.0. The van der Waals surface area contributed by atoms with Crippen molar-refractivity contribution in [2.24, 2.45) is 0 Å². The van der Waals surface area contributed by atoms with Gasteiger partial charge in [0, 0.05) is 76.7 Å². The zero-order valence-corrected chi connectivity index (χ0v) is 37.9. The molecule has 5 aliphatic rings. The molecule has 1 saturated carbocycles. The minimum absolute atomic E-state index is 0.0296. The number of nitrogens with one attached hydrogen (secondary N) is 4. The molecule has 68 heavy (non-hydrogen) atoms. The molecule has 3 fully saturated rings. The quantitative estimate of drug-likeness (QED) is 0.105. The number of methoxy groups -OCH3 is 1. The van der Waals surface area contributed by atoms with Crippen LogP contribution in [0, 0.1) is 5.82 Å². The molecular weight excluding hydrogens is 894 g/mol. The highest BCUT2D eigenvalue weighted by atomic mass is 19.3. The molecular formula is C46H55F3N10O9. The third-order valence-electron chi connectivity index (χ3n) is 13.0. The number of halogens is 3. The van der Waals surface area contributed by atoms with Crippen molar-refractivity contribution >= 4 is 64.3 Å². The van der Waals surface area contributed by atoms with Crippen LogP contribution >= 0.6 is 0 Å². The second kappa shape index (κ2) is 20.9. The number of carbonyl (C=O) groups excluding carboxylic acids is 6. The van der Waals surface area contributed by atoms with Crippen LogP contribution in [0.4, 0.5) is 42.0 Å². The number of fused-ring (bicyclic) bond motifs is 2. The molecule has 5 heterocycles. The third kappa shape index (κ3) is 10.4. The van der Waals surface area contributed by atoms with Crippen LogP contribution in [0.15, 0.2) is 36.5 Å². The van der Waals surface area contributed by atoms with Crippen LogP contribution < -0.4 is 35.8 Å². The normalized spacial score (nSPS) is 20.0. The van der Waals surface area contributed by atoms with Gasteiger partial charge in [0.25, 0.3) is 23.6 Å². The molecule has 19 nitrogen and oxygen atoms in total. The van der Waals surface area contributed by atoms with E-state index in [9.17, 15) is 28.8 Å². The van der Waals surface area contributed by atoms with E-state index in [0.717, 1.165) is 28.7 Å². The SMILES string of the molecule is COc1cc(C(=O)NC2CCN(CCOCCCOCCNc3cccc4c3C(=O)N(C3CCC(=O)NC3=O)C4=O)CC2)c(F)cc1Nc1ncc2c(n1)N(C1CCCC1)CC(F)(F)C(=O)N2C. The second-order valence-corrected chi connectivity index (χ2v) is 17.5. The van der Waals surface area contributed by atoms with E-state index in [1.807, 2.05) is 0 Å². The summed E-state index contributed by atoms with van der Waals surface area (Å²) in [5.41, 5.74) is 0.885. The van der Waals surface area contributed by atoms with Crippen molar-refractivity contribution in [2.45, 2.75) is 81.8 Å². The van der Waals surface area contributed by atoms with Crippen molar-refractivity contribution in [1.82, 2.24) is 30.4 Å².